The van der Waals surface area contributed by atoms with E-state index in [1.54, 1.807) is 32.0 Å². The van der Waals surface area contributed by atoms with Crippen molar-refractivity contribution in [2.45, 2.75) is 39.0 Å². The van der Waals surface area contributed by atoms with Crippen LogP contribution in [0.4, 0.5) is 0 Å². The van der Waals surface area contributed by atoms with Crippen molar-refractivity contribution in [1.29, 1.82) is 0 Å². The zero-order valence-electron chi connectivity index (χ0n) is 17.7. The Bertz CT molecular complexity index is 593. The predicted octanol–water partition coefficient (Wildman–Crippen LogP) is 1.39. The highest BCUT2D eigenvalue weighted by Gasteiger charge is 2.29. The van der Waals surface area contributed by atoms with Gasteiger partial charge in [0.05, 0.1) is 31.3 Å². The van der Waals surface area contributed by atoms with E-state index in [9.17, 15) is 19.5 Å². The molecule has 1 aliphatic rings. The first-order chi connectivity index (χ1) is 14.2. The Morgan fingerprint density at radius 1 is 1.37 bits per heavy atom. The highest BCUT2D eigenvalue weighted by molar-refractivity contribution is 8.13. The number of nitrogens with zero attached hydrogens (tertiary/aromatic N) is 1. The third-order valence-corrected chi connectivity index (χ3v) is 6.41. The number of amides is 2. The lowest BCUT2D eigenvalue weighted by atomic mass is 9.97. The maximum absolute atomic E-state index is 11.9. The Balaban J connectivity index is 2.28. The van der Waals surface area contributed by atoms with Gasteiger partial charge in [-0.05, 0) is 26.7 Å². The number of imide groups is 1. The molecule has 0 aromatic carbocycles. The van der Waals surface area contributed by atoms with Crippen molar-refractivity contribution in [3.05, 3.63) is 12.3 Å². The summed E-state index contributed by atoms with van der Waals surface area (Å²) in [7, 11) is 1.71. The summed E-state index contributed by atoms with van der Waals surface area (Å²) in [6.45, 7) is 3.75. The third-order valence-electron chi connectivity index (χ3n) is 4.18. The lowest BCUT2D eigenvalue weighted by Crippen LogP contribution is -2.29. The fourth-order valence-electron chi connectivity index (χ4n) is 2.29. The van der Waals surface area contributed by atoms with E-state index in [1.807, 2.05) is 5.32 Å². The molecule has 0 aromatic rings. The Labute approximate surface area is 182 Å². The maximum atomic E-state index is 11.9. The summed E-state index contributed by atoms with van der Waals surface area (Å²) in [5, 5.41) is 11.1. The van der Waals surface area contributed by atoms with Gasteiger partial charge >= 0.3 is 8.60 Å². The van der Waals surface area contributed by atoms with E-state index in [0.717, 1.165) is 24.6 Å². The summed E-state index contributed by atoms with van der Waals surface area (Å²) >= 11 is 1.11. The molecule has 10 nitrogen and oxygen atoms in total. The van der Waals surface area contributed by atoms with Crippen LogP contribution in [-0.2, 0) is 32.7 Å². The molecule has 1 fully saturated rings. The van der Waals surface area contributed by atoms with E-state index in [1.165, 1.54) is 13.2 Å². The number of hydrogen-bond donors (Lipinski definition) is 2. The highest BCUT2D eigenvalue weighted by Crippen LogP contribution is 2.39. The van der Waals surface area contributed by atoms with Crippen LogP contribution < -0.4 is 5.32 Å². The van der Waals surface area contributed by atoms with Gasteiger partial charge in [0.2, 0.25) is 6.41 Å². The standard InChI is InChI=1S/C18H31N2O8PS/c1-18(2,12-21)17(24)30-10-9-26-29(25-4)27-11-14-5-6-16(28-14)20(3)8-7-15(23)19-13-22/h7-8,13-14,16,21H,5-6,9-12H2,1-4H3,(H,19,22,23)/b8-7-. The number of nitrogens with one attached hydrogen (secondary N) is 1. The van der Waals surface area contributed by atoms with Crippen molar-refractivity contribution >= 4 is 37.8 Å². The van der Waals surface area contributed by atoms with Crippen LogP contribution in [0.25, 0.3) is 0 Å². The van der Waals surface area contributed by atoms with E-state index in [2.05, 4.69) is 0 Å². The van der Waals surface area contributed by atoms with Crippen molar-refractivity contribution < 1.29 is 37.8 Å². The first-order valence-corrected chi connectivity index (χ1v) is 11.5. The van der Waals surface area contributed by atoms with E-state index in [4.69, 9.17) is 18.3 Å². The Morgan fingerprint density at radius 2 is 2.10 bits per heavy atom. The molecule has 0 saturated carbocycles. The van der Waals surface area contributed by atoms with Crippen LogP contribution in [-0.4, -0.2) is 79.5 Å². The van der Waals surface area contributed by atoms with Crippen LogP contribution in [0.15, 0.2) is 12.3 Å². The minimum Gasteiger partial charge on any atom is -0.395 e. The molecule has 1 rings (SSSR count). The largest absolute Gasteiger partial charge is 0.395 e. The average molecular weight is 466 g/mol. The molecule has 1 heterocycles. The van der Waals surface area contributed by atoms with Crippen molar-refractivity contribution in [2.24, 2.45) is 5.41 Å². The third kappa shape index (κ3) is 9.82. The number of aliphatic hydroxyl groups is 1. The van der Waals surface area contributed by atoms with E-state index in [-0.39, 0.29) is 30.7 Å². The minimum atomic E-state index is -1.55. The van der Waals surface area contributed by atoms with Crippen molar-refractivity contribution in [3.63, 3.8) is 0 Å². The normalized spacial score (nSPS) is 20.3. The smallest absolute Gasteiger partial charge is 0.332 e. The van der Waals surface area contributed by atoms with Gasteiger partial charge in [0.1, 0.15) is 6.23 Å². The number of thioether (sulfide) groups is 1. The number of carbonyl (C=O) groups is 3. The van der Waals surface area contributed by atoms with E-state index in [0.29, 0.717) is 18.8 Å². The number of ether oxygens (including phenoxy) is 1. The molecule has 0 bridgehead atoms. The summed E-state index contributed by atoms with van der Waals surface area (Å²) in [5.74, 6) is -0.0673. The highest BCUT2D eigenvalue weighted by atomic mass is 32.2. The lowest BCUT2D eigenvalue weighted by molar-refractivity contribution is -0.122. The SMILES string of the molecule is COP(OCCSC(=O)C(C)(C)CO)OCC1CCC(N(C)/C=C\C(=O)NC=O)O1. The van der Waals surface area contributed by atoms with Crippen molar-refractivity contribution in [1.82, 2.24) is 10.2 Å². The summed E-state index contributed by atoms with van der Waals surface area (Å²) in [4.78, 5) is 35.2. The fraction of sp³-hybridized carbons (Fsp3) is 0.722. The molecule has 0 spiro atoms. The topological polar surface area (TPSA) is 124 Å². The van der Waals surface area contributed by atoms with Crippen LogP contribution >= 0.6 is 20.4 Å². The minimum absolute atomic E-state index is 0.0940. The lowest BCUT2D eigenvalue weighted by Gasteiger charge is -2.23. The quantitative estimate of drug-likeness (QED) is 0.168. The molecule has 12 heteroatoms. The second kappa shape index (κ2) is 14.1. The van der Waals surface area contributed by atoms with Gasteiger partial charge in [-0.15, -0.1) is 0 Å². The summed E-state index contributed by atoms with van der Waals surface area (Å²) < 4.78 is 22.3. The van der Waals surface area contributed by atoms with Crippen molar-refractivity contribution in [2.75, 3.05) is 39.7 Å². The van der Waals surface area contributed by atoms with Gasteiger partial charge in [0.25, 0.3) is 5.91 Å². The zero-order valence-corrected chi connectivity index (χ0v) is 19.4. The van der Waals surface area contributed by atoms with Gasteiger partial charge in [-0.3, -0.25) is 19.7 Å². The van der Waals surface area contributed by atoms with Gasteiger partial charge in [-0.25, -0.2) is 0 Å². The molecular formula is C18H31N2O8PS. The molecule has 1 aliphatic heterocycles. The molecule has 3 atom stereocenters. The first-order valence-electron chi connectivity index (χ1n) is 9.41. The van der Waals surface area contributed by atoms with Crippen LogP contribution in [0.3, 0.4) is 0 Å². The molecule has 2 N–H and O–H groups in total. The molecule has 3 unspecified atom stereocenters. The molecule has 172 valence electrons. The zero-order chi connectivity index (χ0) is 22.6. The molecule has 0 radical (unpaired) electrons. The number of hydrogen-bond acceptors (Lipinski definition) is 10. The van der Waals surface area contributed by atoms with Gasteiger partial charge in [0.15, 0.2) is 5.12 Å². The first kappa shape index (κ1) is 27.0. The molecule has 30 heavy (non-hydrogen) atoms. The molecule has 2 amide bonds. The Kier molecular flexibility index (Phi) is 12.7. The van der Waals surface area contributed by atoms with Crippen LogP contribution in [0, 0.1) is 5.41 Å². The van der Waals surface area contributed by atoms with Gasteiger partial charge < -0.3 is 28.3 Å². The van der Waals surface area contributed by atoms with Crippen LogP contribution in [0.5, 0.6) is 0 Å². The van der Waals surface area contributed by atoms with E-state index < -0.39 is 19.9 Å². The molecule has 1 saturated heterocycles. The maximum Gasteiger partial charge on any atom is 0.332 e. The van der Waals surface area contributed by atoms with Crippen molar-refractivity contribution in [3.8, 4) is 0 Å². The predicted molar refractivity (Wildman–Crippen MR) is 113 cm³/mol. The van der Waals surface area contributed by atoms with Gasteiger partial charge in [-0.1, -0.05) is 11.8 Å². The second-order valence-corrected chi connectivity index (χ2v) is 9.51. The molecule has 0 aliphatic carbocycles. The average Bonchev–Trinajstić information content (AvgIpc) is 3.20. The van der Waals surface area contributed by atoms with E-state index >= 15 is 0 Å². The van der Waals surface area contributed by atoms with Gasteiger partial charge in [-0.2, -0.15) is 0 Å². The molecule has 0 aromatic heterocycles. The van der Waals surface area contributed by atoms with Crippen LogP contribution in [0.1, 0.15) is 26.7 Å². The monoisotopic (exact) mass is 466 g/mol. The molecular weight excluding hydrogens is 435 g/mol. The second-order valence-electron chi connectivity index (χ2n) is 7.11. The number of aliphatic hydroxyl groups excluding tert-OH is 1. The Hall–Kier alpha value is -1.07. The number of carbonyl (C=O) groups excluding carboxylic acids is 3. The number of rotatable bonds is 14. The van der Waals surface area contributed by atoms with Crippen LogP contribution in [0.2, 0.25) is 0 Å². The Morgan fingerprint density at radius 3 is 2.73 bits per heavy atom. The summed E-state index contributed by atoms with van der Waals surface area (Å²) in [6, 6.07) is 0. The summed E-state index contributed by atoms with van der Waals surface area (Å²) in [5.41, 5.74) is -0.774. The summed E-state index contributed by atoms with van der Waals surface area (Å²) in [6.07, 6.45) is 4.32. The van der Waals surface area contributed by atoms with Gasteiger partial charge in [0, 0.05) is 32.2 Å². The fourth-order valence-corrected chi connectivity index (χ4v) is 4.03.